The number of ether oxygens (including phenoxy) is 1. The number of rotatable bonds is 5. The van der Waals surface area contributed by atoms with Crippen molar-refractivity contribution in [3.63, 3.8) is 0 Å². The van der Waals surface area contributed by atoms with Crippen LogP contribution in [0.2, 0.25) is 0 Å². The Kier molecular flexibility index (Phi) is 5.92. The van der Waals surface area contributed by atoms with Crippen molar-refractivity contribution in [2.45, 2.75) is 19.4 Å². The molecule has 26 heavy (non-hydrogen) atoms. The van der Waals surface area contributed by atoms with Gasteiger partial charge in [0, 0.05) is 11.8 Å². The number of hydrogen-bond acceptors (Lipinski definition) is 5. The quantitative estimate of drug-likeness (QED) is 0.804. The molecule has 5 nitrogen and oxygen atoms in total. The van der Waals surface area contributed by atoms with Crippen LogP contribution in [0.3, 0.4) is 0 Å². The zero-order valence-corrected chi connectivity index (χ0v) is 15.3. The van der Waals surface area contributed by atoms with E-state index in [9.17, 15) is 4.79 Å². The number of hydrogen-bond donors (Lipinski definition) is 0. The highest BCUT2D eigenvalue weighted by Gasteiger charge is 2.34. The molecular weight excluding hydrogens is 346 g/mol. The Morgan fingerprint density at radius 3 is 2.65 bits per heavy atom. The lowest BCUT2D eigenvalue weighted by Crippen LogP contribution is -2.41. The van der Waals surface area contributed by atoms with E-state index in [4.69, 9.17) is 10.00 Å². The molecule has 2 aromatic rings. The van der Waals surface area contributed by atoms with Gasteiger partial charge in [0.2, 0.25) is 0 Å². The molecule has 1 saturated heterocycles. The van der Waals surface area contributed by atoms with Crippen LogP contribution < -0.4 is 4.74 Å². The highest BCUT2D eigenvalue weighted by Crippen LogP contribution is 2.29. The molecule has 1 atom stereocenters. The predicted molar refractivity (Wildman–Crippen MR) is 104 cm³/mol. The lowest BCUT2D eigenvalue weighted by molar-refractivity contribution is -0.130. The van der Waals surface area contributed by atoms with Crippen LogP contribution in [0.15, 0.2) is 59.6 Å². The smallest absolute Gasteiger partial charge is 0.266 e. The van der Waals surface area contributed by atoms with Crippen LogP contribution in [0, 0.1) is 11.3 Å². The summed E-state index contributed by atoms with van der Waals surface area (Å²) in [4.78, 5) is 19.1. The predicted octanol–water partition coefficient (Wildman–Crippen LogP) is 3.98. The Balaban J connectivity index is 1.71. The van der Waals surface area contributed by atoms with Crippen LogP contribution >= 0.6 is 11.8 Å². The molecule has 0 radical (unpaired) electrons. The van der Waals surface area contributed by atoms with Gasteiger partial charge in [-0.3, -0.25) is 9.69 Å². The Bertz CT molecular complexity index is 828. The summed E-state index contributed by atoms with van der Waals surface area (Å²) in [7, 11) is 0. The summed E-state index contributed by atoms with van der Waals surface area (Å²) in [5.41, 5.74) is 1.39. The monoisotopic (exact) mass is 365 g/mol. The van der Waals surface area contributed by atoms with Crippen LogP contribution in [-0.4, -0.2) is 34.4 Å². The summed E-state index contributed by atoms with van der Waals surface area (Å²) >= 11 is 1.60. The molecule has 0 spiro atoms. The molecule has 3 rings (SSSR count). The Morgan fingerprint density at radius 2 is 2.00 bits per heavy atom. The fourth-order valence-electron chi connectivity index (χ4n) is 2.62. The summed E-state index contributed by atoms with van der Waals surface area (Å²) in [5, 5.41) is 9.55. The second-order valence-electron chi connectivity index (χ2n) is 5.79. The topological polar surface area (TPSA) is 65.7 Å². The van der Waals surface area contributed by atoms with Gasteiger partial charge in [0.1, 0.15) is 5.75 Å². The zero-order valence-electron chi connectivity index (χ0n) is 14.5. The van der Waals surface area contributed by atoms with Gasteiger partial charge >= 0.3 is 0 Å². The SMILES string of the molecule is CC[C@@H]1CSC(=Nc2ccccc2)N1C(=O)COc1ccc(C#N)cc1. The van der Waals surface area contributed by atoms with E-state index in [2.05, 4.69) is 18.0 Å². The van der Waals surface area contributed by atoms with E-state index < -0.39 is 0 Å². The van der Waals surface area contributed by atoms with E-state index >= 15 is 0 Å². The number of nitriles is 1. The van der Waals surface area contributed by atoms with Gasteiger partial charge in [0.15, 0.2) is 11.8 Å². The van der Waals surface area contributed by atoms with Gasteiger partial charge in [-0.05, 0) is 42.8 Å². The van der Waals surface area contributed by atoms with Gasteiger partial charge in [-0.1, -0.05) is 36.9 Å². The summed E-state index contributed by atoms with van der Waals surface area (Å²) in [5.74, 6) is 1.30. The number of amidine groups is 1. The van der Waals surface area contributed by atoms with Gasteiger partial charge in [0.05, 0.1) is 17.3 Å². The third kappa shape index (κ3) is 4.24. The third-order valence-electron chi connectivity index (χ3n) is 4.04. The van der Waals surface area contributed by atoms with E-state index in [1.165, 1.54) is 0 Å². The second-order valence-corrected chi connectivity index (χ2v) is 6.78. The Morgan fingerprint density at radius 1 is 1.27 bits per heavy atom. The largest absolute Gasteiger partial charge is 0.484 e. The summed E-state index contributed by atoms with van der Waals surface area (Å²) in [6.45, 7) is 2.01. The van der Waals surface area contributed by atoms with Gasteiger partial charge in [-0.2, -0.15) is 5.26 Å². The maximum atomic E-state index is 12.8. The number of benzene rings is 2. The highest BCUT2D eigenvalue weighted by atomic mass is 32.2. The normalized spacial score (nSPS) is 17.9. The number of carbonyl (C=O) groups is 1. The maximum Gasteiger partial charge on any atom is 0.266 e. The Hall–Kier alpha value is -2.78. The van der Waals surface area contributed by atoms with Gasteiger partial charge in [-0.15, -0.1) is 0 Å². The third-order valence-corrected chi connectivity index (χ3v) is 5.14. The van der Waals surface area contributed by atoms with Crippen molar-refractivity contribution >= 4 is 28.5 Å². The van der Waals surface area contributed by atoms with Crippen molar-refractivity contribution < 1.29 is 9.53 Å². The summed E-state index contributed by atoms with van der Waals surface area (Å²) in [6.07, 6.45) is 0.865. The molecule has 1 aliphatic heterocycles. The molecule has 0 N–H and O–H groups in total. The van der Waals surface area contributed by atoms with E-state index in [0.29, 0.717) is 11.3 Å². The molecule has 1 aliphatic rings. The molecule has 2 aromatic carbocycles. The van der Waals surface area contributed by atoms with E-state index in [0.717, 1.165) is 23.0 Å². The minimum absolute atomic E-state index is 0.0588. The highest BCUT2D eigenvalue weighted by molar-refractivity contribution is 8.14. The minimum atomic E-state index is -0.110. The lowest BCUT2D eigenvalue weighted by atomic mass is 10.2. The summed E-state index contributed by atoms with van der Waals surface area (Å²) in [6, 6.07) is 18.5. The fraction of sp³-hybridized carbons (Fsp3) is 0.250. The fourth-order valence-corrected chi connectivity index (χ4v) is 3.91. The van der Waals surface area contributed by atoms with Crippen molar-refractivity contribution in [2.24, 2.45) is 4.99 Å². The summed E-state index contributed by atoms with van der Waals surface area (Å²) < 4.78 is 5.61. The first-order valence-corrected chi connectivity index (χ1v) is 9.41. The molecule has 1 fully saturated rings. The molecule has 1 amide bonds. The van der Waals surface area contributed by atoms with Crippen molar-refractivity contribution in [3.05, 3.63) is 60.2 Å². The lowest BCUT2D eigenvalue weighted by Gasteiger charge is -2.23. The number of thioether (sulfide) groups is 1. The maximum absolute atomic E-state index is 12.8. The number of nitrogens with zero attached hydrogens (tertiary/aromatic N) is 3. The van der Waals surface area contributed by atoms with E-state index in [1.807, 2.05) is 30.3 Å². The first kappa shape index (κ1) is 18.0. The standard InChI is InChI=1S/C20H19N3O2S/c1-2-17-14-26-20(22-16-6-4-3-5-7-16)23(17)19(24)13-25-18-10-8-15(12-21)9-11-18/h3-11,17H,2,13-14H2,1H3/t17-/m1/s1. The number of aliphatic imine (C=N–C) groups is 1. The molecule has 0 bridgehead atoms. The molecule has 132 valence electrons. The second kappa shape index (κ2) is 8.54. The molecular formula is C20H19N3O2S. The molecule has 1 heterocycles. The number of amides is 1. The van der Waals surface area contributed by atoms with E-state index in [1.54, 1.807) is 40.9 Å². The molecule has 6 heteroatoms. The first-order valence-electron chi connectivity index (χ1n) is 8.43. The number of para-hydroxylation sites is 1. The van der Waals surface area contributed by atoms with Gasteiger partial charge in [0.25, 0.3) is 5.91 Å². The van der Waals surface area contributed by atoms with Crippen molar-refractivity contribution in [3.8, 4) is 11.8 Å². The van der Waals surface area contributed by atoms with Crippen LogP contribution in [0.4, 0.5) is 5.69 Å². The molecule has 0 aromatic heterocycles. The average molecular weight is 365 g/mol. The average Bonchev–Trinajstić information content (AvgIpc) is 3.10. The van der Waals surface area contributed by atoms with Gasteiger partial charge < -0.3 is 4.74 Å². The first-order chi connectivity index (χ1) is 12.7. The van der Waals surface area contributed by atoms with Crippen molar-refractivity contribution in [1.82, 2.24) is 4.90 Å². The van der Waals surface area contributed by atoms with Crippen LogP contribution in [0.5, 0.6) is 5.75 Å². The van der Waals surface area contributed by atoms with Gasteiger partial charge in [-0.25, -0.2) is 4.99 Å². The van der Waals surface area contributed by atoms with Crippen molar-refractivity contribution in [1.29, 1.82) is 5.26 Å². The molecule has 0 saturated carbocycles. The van der Waals surface area contributed by atoms with Crippen molar-refractivity contribution in [2.75, 3.05) is 12.4 Å². The van der Waals surface area contributed by atoms with Crippen LogP contribution in [0.1, 0.15) is 18.9 Å². The number of carbonyl (C=O) groups excluding carboxylic acids is 1. The molecule has 0 aliphatic carbocycles. The zero-order chi connectivity index (χ0) is 18.4. The van der Waals surface area contributed by atoms with Crippen LogP contribution in [-0.2, 0) is 4.79 Å². The Labute approximate surface area is 157 Å². The molecule has 0 unspecified atom stereocenters. The minimum Gasteiger partial charge on any atom is -0.484 e. The van der Waals surface area contributed by atoms with Crippen LogP contribution in [0.25, 0.3) is 0 Å². The van der Waals surface area contributed by atoms with E-state index in [-0.39, 0.29) is 18.6 Å².